The van der Waals surface area contributed by atoms with E-state index < -0.39 is 16.0 Å². The highest BCUT2D eigenvalue weighted by atomic mass is 32.2. The molecule has 1 aromatic heterocycles. The number of carboxylic acid groups (broad SMARTS) is 1. The Morgan fingerprint density at radius 1 is 1.33 bits per heavy atom. The number of carboxylic acids is 1. The molecule has 0 aliphatic carbocycles. The number of aromatic amines is 1. The van der Waals surface area contributed by atoms with Crippen molar-refractivity contribution in [2.24, 2.45) is 0 Å². The Hall–Kier alpha value is -2.35. The first-order valence-corrected chi connectivity index (χ1v) is 6.33. The van der Waals surface area contributed by atoms with Crippen LogP contribution in [-0.4, -0.2) is 29.7 Å². The molecule has 0 bridgehead atoms. The van der Waals surface area contributed by atoms with Crippen LogP contribution in [0, 0.1) is 0 Å². The number of sulfonamides is 1. The number of benzene rings is 1. The van der Waals surface area contributed by atoms with Gasteiger partial charge < -0.3 is 5.11 Å². The van der Waals surface area contributed by atoms with Gasteiger partial charge in [0, 0.05) is 6.07 Å². The molecule has 0 amide bonds. The van der Waals surface area contributed by atoms with Crippen LogP contribution in [0.1, 0.15) is 10.4 Å². The Morgan fingerprint density at radius 3 is 2.72 bits per heavy atom. The maximum Gasteiger partial charge on any atom is 0.335 e. The number of hydrogen-bond acceptors (Lipinski definition) is 4. The highest BCUT2D eigenvalue weighted by molar-refractivity contribution is 7.92. The van der Waals surface area contributed by atoms with Gasteiger partial charge in [-0.3, -0.25) is 9.82 Å². The largest absolute Gasteiger partial charge is 0.478 e. The summed E-state index contributed by atoms with van der Waals surface area (Å²) in [7, 11) is -3.82. The number of nitrogens with one attached hydrogen (secondary N) is 2. The molecule has 0 unspecified atom stereocenters. The van der Waals surface area contributed by atoms with Crippen LogP contribution in [0.2, 0.25) is 0 Å². The topological polar surface area (TPSA) is 112 Å². The third-order valence-corrected chi connectivity index (χ3v) is 3.50. The predicted octanol–water partition coefficient (Wildman–Crippen LogP) is 0.909. The van der Waals surface area contributed by atoms with E-state index in [9.17, 15) is 13.2 Å². The zero-order chi connectivity index (χ0) is 13.2. The summed E-state index contributed by atoms with van der Waals surface area (Å²) in [5, 5.41) is 14.8. The lowest BCUT2D eigenvalue weighted by molar-refractivity contribution is 0.0696. The van der Waals surface area contributed by atoms with Crippen molar-refractivity contribution < 1.29 is 18.3 Å². The van der Waals surface area contributed by atoms with Gasteiger partial charge in [0.25, 0.3) is 10.0 Å². The molecule has 94 valence electrons. The quantitative estimate of drug-likeness (QED) is 0.762. The Bertz CT molecular complexity index is 664. The van der Waals surface area contributed by atoms with Crippen molar-refractivity contribution in [1.82, 2.24) is 10.2 Å². The zero-order valence-corrected chi connectivity index (χ0v) is 9.81. The third-order valence-electron chi connectivity index (χ3n) is 2.14. The van der Waals surface area contributed by atoms with Crippen molar-refractivity contribution in [1.29, 1.82) is 0 Å². The van der Waals surface area contributed by atoms with Gasteiger partial charge >= 0.3 is 5.97 Å². The van der Waals surface area contributed by atoms with Gasteiger partial charge in [-0.25, -0.2) is 13.2 Å². The summed E-state index contributed by atoms with van der Waals surface area (Å²) < 4.78 is 26.1. The molecule has 1 heterocycles. The van der Waals surface area contributed by atoms with E-state index in [2.05, 4.69) is 14.9 Å². The fourth-order valence-electron chi connectivity index (χ4n) is 1.31. The monoisotopic (exact) mass is 267 g/mol. The maximum atomic E-state index is 11.9. The average Bonchev–Trinajstić information content (AvgIpc) is 2.81. The standard InChI is InChI=1S/C10H9N3O4S/c14-10(15)7-2-1-3-8(6-7)18(16,17)13-9-4-5-11-12-9/h1-6H,(H,14,15)(H2,11,12,13). The van der Waals surface area contributed by atoms with Crippen molar-refractivity contribution in [2.45, 2.75) is 4.90 Å². The van der Waals surface area contributed by atoms with Gasteiger partial charge in [-0.15, -0.1) is 0 Å². The molecule has 3 N–H and O–H groups in total. The lowest BCUT2D eigenvalue weighted by Crippen LogP contribution is -2.14. The molecule has 18 heavy (non-hydrogen) atoms. The molecule has 2 rings (SSSR count). The van der Waals surface area contributed by atoms with Gasteiger partial charge in [0.1, 0.15) is 5.82 Å². The van der Waals surface area contributed by atoms with Crippen LogP contribution in [0.15, 0.2) is 41.4 Å². The van der Waals surface area contributed by atoms with Gasteiger partial charge in [-0.05, 0) is 18.2 Å². The first-order chi connectivity index (χ1) is 8.49. The molecule has 8 heteroatoms. The van der Waals surface area contributed by atoms with Crippen LogP contribution in [-0.2, 0) is 10.0 Å². The predicted molar refractivity (Wildman–Crippen MR) is 62.8 cm³/mol. The van der Waals surface area contributed by atoms with Gasteiger partial charge in [0.2, 0.25) is 0 Å². The maximum absolute atomic E-state index is 11.9. The lowest BCUT2D eigenvalue weighted by atomic mass is 10.2. The molecular weight excluding hydrogens is 258 g/mol. The van der Waals surface area contributed by atoms with Crippen molar-refractivity contribution >= 4 is 21.8 Å². The van der Waals surface area contributed by atoms with Crippen molar-refractivity contribution in [3.8, 4) is 0 Å². The number of hydrogen-bond donors (Lipinski definition) is 3. The summed E-state index contributed by atoms with van der Waals surface area (Å²) in [4.78, 5) is 10.6. The molecule has 2 aromatic rings. The normalized spacial score (nSPS) is 11.1. The van der Waals surface area contributed by atoms with Gasteiger partial charge in [0.15, 0.2) is 0 Å². The Morgan fingerprint density at radius 2 is 2.11 bits per heavy atom. The first kappa shape index (κ1) is 12.1. The molecule has 0 atom stereocenters. The van der Waals surface area contributed by atoms with E-state index in [-0.39, 0.29) is 16.3 Å². The first-order valence-electron chi connectivity index (χ1n) is 4.84. The fourth-order valence-corrected chi connectivity index (χ4v) is 2.37. The van der Waals surface area contributed by atoms with E-state index in [1.807, 2.05) is 0 Å². The summed E-state index contributed by atoms with van der Waals surface area (Å²) >= 11 is 0. The minimum atomic E-state index is -3.82. The van der Waals surface area contributed by atoms with Gasteiger partial charge in [-0.1, -0.05) is 6.07 Å². The number of rotatable bonds is 4. The van der Waals surface area contributed by atoms with Crippen LogP contribution in [0.4, 0.5) is 5.82 Å². The number of nitrogens with zero attached hydrogens (tertiary/aromatic N) is 1. The fraction of sp³-hybridized carbons (Fsp3) is 0. The number of anilines is 1. The van der Waals surface area contributed by atoms with E-state index >= 15 is 0 Å². The van der Waals surface area contributed by atoms with E-state index in [0.717, 1.165) is 6.07 Å². The second kappa shape index (κ2) is 4.49. The van der Waals surface area contributed by atoms with Crippen LogP contribution in [0.25, 0.3) is 0 Å². The van der Waals surface area contributed by atoms with E-state index in [1.165, 1.54) is 30.5 Å². The Labute approximate surface area is 103 Å². The van der Waals surface area contributed by atoms with Gasteiger partial charge in [0.05, 0.1) is 16.7 Å². The highest BCUT2D eigenvalue weighted by Gasteiger charge is 2.16. The number of aromatic nitrogens is 2. The summed E-state index contributed by atoms with van der Waals surface area (Å²) in [6.07, 6.45) is 1.39. The van der Waals surface area contributed by atoms with Crippen LogP contribution in [0.3, 0.4) is 0 Å². The lowest BCUT2D eigenvalue weighted by Gasteiger charge is -2.06. The third kappa shape index (κ3) is 2.48. The van der Waals surface area contributed by atoms with Crippen LogP contribution >= 0.6 is 0 Å². The molecule has 0 radical (unpaired) electrons. The second-order valence-electron chi connectivity index (χ2n) is 3.41. The summed E-state index contributed by atoms with van der Waals surface area (Å²) in [5.74, 6) is -0.982. The highest BCUT2D eigenvalue weighted by Crippen LogP contribution is 2.15. The minimum absolute atomic E-state index is 0.0949. The Balaban J connectivity index is 2.35. The molecule has 0 spiro atoms. The van der Waals surface area contributed by atoms with Crippen LogP contribution in [0.5, 0.6) is 0 Å². The summed E-state index contributed by atoms with van der Waals surface area (Å²) in [6.45, 7) is 0. The van der Waals surface area contributed by atoms with E-state index in [4.69, 9.17) is 5.11 Å². The summed E-state index contributed by atoms with van der Waals surface area (Å²) in [5.41, 5.74) is -0.0949. The molecule has 0 aliphatic rings. The molecule has 0 aliphatic heterocycles. The Kier molecular flexibility index (Phi) is 3.02. The number of H-pyrrole nitrogens is 1. The molecule has 7 nitrogen and oxygen atoms in total. The van der Waals surface area contributed by atoms with Gasteiger partial charge in [-0.2, -0.15) is 5.10 Å². The van der Waals surface area contributed by atoms with Crippen LogP contribution < -0.4 is 4.72 Å². The molecule has 1 aromatic carbocycles. The average molecular weight is 267 g/mol. The minimum Gasteiger partial charge on any atom is -0.478 e. The summed E-state index contributed by atoms with van der Waals surface area (Å²) in [6, 6.07) is 6.52. The molecule has 0 saturated carbocycles. The smallest absolute Gasteiger partial charge is 0.335 e. The zero-order valence-electron chi connectivity index (χ0n) is 8.99. The number of carbonyl (C=O) groups is 1. The second-order valence-corrected chi connectivity index (χ2v) is 5.09. The molecule has 0 saturated heterocycles. The van der Waals surface area contributed by atoms with Crippen molar-refractivity contribution in [3.63, 3.8) is 0 Å². The van der Waals surface area contributed by atoms with E-state index in [0.29, 0.717) is 0 Å². The van der Waals surface area contributed by atoms with Crippen molar-refractivity contribution in [2.75, 3.05) is 4.72 Å². The SMILES string of the molecule is O=C(O)c1cccc(S(=O)(=O)Nc2ccn[nH]2)c1. The number of aromatic carboxylic acids is 1. The van der Waals surface area contributed by atoms with E-state index in [1.54, 1.807) is 0 Å². The van der Waals surface area contributed by atoms with Crippen molar-refractivity contribution in [3.05, 3.63) is 42.1 Å². The molecular formula is C10H9N3O4S. The molecule has 0 fully saturated rings.